The van der Waals surface area contributed by atoms with E-state index in [0.717, 1.165) is 50.4 Å². The highest BCUT2D eigenvalue weighted by Gasteiger charge is 2.22. The second-order valence-electron chi connectivity index (χ2n) is 8.69. The lowest BCUT2D eigenvalue weighted by Crippen LogP contribution is -2.18. The maximum absolute atomic E-state index is 9.90. The van der Waals surface area contributed by atoms with Crippen LogP contribution in [0.3, 0.4) is 0 Å². The minimum absolute atomic E-state index is 0.151. The number of hydrogen-bond acceptors (Lipinski definition) is 6. The van der Waals surface area contributed by atoms with E-state index in [4.69, 9.17) is 10.2 Å². The fourth-order valence-corrected chi connectivity index (χ4v) is 3.02. The van der Waals surface area contributed by atoms with Gasteiger partial charge in [-0.15, -0.1) is 0 Å². The lowest BCUT2D eigenvalue weighted by Gasteiger charge is -2.26. The first kappa shape index (κ1) is 26.2. The van der Waals surface area contributed by atoms with Crippen molar-refractivity contribution in [3.05, 3.63) is 59.7 Å². The Labute approximate surface area is 194 Å². The van der Waals surface area contributed by atoms with Crippen LogP contribution >= 0.6 is 0 Å². The van der Waals surface area contributed by atoms with Crippen molar-refractivity contribution in [1.82, 2.24) is 9.80 Å². The number of aliphatic carboxylic acids is 2. The van der Waals surface area contributed by atoms with E-state index in [0.29, 0.717) is 12.8 Å². The molecule has 8 heteroatoms. The molecular formula is C25H34N2O6. The molecule has 0 aromatic heterocycles. The minimum atomic E-state index is -0.697. The van der Waals surface area contributed by atoms with Gasteiger partial charge in [-0.25, -0.2) is 0 Å². The normalized spacial score (nSPS) is 14.8. The largest absolute Gasteiger partial charge is 0.508 e. The van der Waals surface area contributed by atoms with Crippen LogP contribution in [0.1, 0.15) is 37.8 Å². The molecule has 0 unspecified atom stereocenters. The van der Waals surface area contributed by atoms with Crippen molar-refractivity contribution >= 4 is 11.9 Å². The monoisotopic (exact) mass is 458 g/mol. The molecule has 2 aliphatic heterocycles. The van der Waals surface area contributed by atoms with E-state index in [-0.39, 0.29) is 16.9 Å². The molecule has 2 saturated heterocycles. The molecule has 0 radical (unpaired) electrons. The third-order valence-corrected chi connectivity index (χ3v) is 5.54. The molecule has 2 fully saturated rings. The Hall–Kier alpha value is -3.10. The molecule has 2 aromatic carbocycles. The van der Waals surface area contributed by atoms with E-state index in [1.54, 1.807) is 24.3 Å². The van der Waals surface area contributed by atoms with Gasteiger partial charge >= 0.3 is 11.9 Å². The van der Waals surface area contributed by atoms with Gasteiger partial charge in [-0.3, -0.25) is 9.59 Å². The number of carbonyl (C=O) groups is 2. The van der Waals surface area contributed by atoms with Crippen LogP contribution in [0, 0.1) is 0 Å². The van der Waals surface area contributed by atoms with Crippen molar-refractivity contribution in [2.45, 2.75) is 32.1 Å². The first-order valence-corrected chi connectivity index (χ1v) is 11.0. The van der Waals surface area contributed by atoms with E-state index in [1.165, 1.54) is 0 Å². The number of carboxylic acids is 2. The predicted octanol–water partition coefficient (Wildman–Crippen LogP) is 2.98. The number of phenolic OH excluding ortho intramolecular Hbond substituents is 2. The summed E-state index contributed by atoms with van der Waals surface area (Å²) in [5, 5.41) is 34.9. The van der Waals surface area contributed by atoms with Crippen LogP contribution in [0.2, 0.25) is 0 Å². The zero-order valence-electron chi connectivity index (χ0n) is 19.3. The highest BCUT2D eigenvalue weighted by atomic mass is 16.4. The summed E-state index contributed by atoms with van der Waals surface area (Å²) in [5.41, 5.74) is 2.10. The second kappa shape index (κ2) is 12.2. The smallest absolute Gasteiger partial charge is 0.304 e. The molecule has 0 saturated carbocycles. The van der Waals surface area contributed by atoms with Gasteiger partial charge in [0.05, 0.1) is 12.8 Å². The molecule has 0 amide bonds. The fourth-order valence-electron chi connectivity index (χ4n) is 3.02. The molecule has 8 nitrogen and oxygen atoms in total. The van der Waals surface area contributed by atoms with Crippen LogP contribution in [0.5, 0.6) is 11.5 Å². The number of rotatable bonds is 8. The molecule has 4 N–H and O–H groups in total. The standard InChI is InChI=1S/C15H16O2.2C5H9NO2/c1-15(2,11-3-7-13(16)8-4-11)12-5-9-14(17)10-6-12;2*7-5(8)1-2-6-3-4-6/h3-10,16-17H,1-2H3;2*1-4H2,(H,7,8). The van der Waals surface area contributed by atoms with Crippen LogP contribution in [0.25, 0.3) is 0 Å². The van der Waals surface area contributed by atoms with Crippen LogP contribution in [0.15, 0.2) is 48.5 Å². The Morgan fingerprint density at radius 1 is 0.697 bits per heavy atom. The summed E-state index contributed by atoms with van der Waals surface area (Å²) >= 11 is 0. The summed E-state index contributed by atoms with van der Waals surface area (Å²) in [6, 6.07) is 14.4. The number of benzene rings is 2. The lowest BCUT2D eigenvalue weighted by molar-refractivity contribution is -0.138. The van der Waals surface area contributed by atoms with Crippen molar-refractivity contribution in [3.8, 4) is 11.5 Å². The predicted molar refractivity (Wildman–Crippen MR) is 126 cm³/mol. The van der Waals surface area contributed by atoms with Crippen molar-refractivity contribution in [1.29, 1.82) is 0 Å². The first-order chi connectivity index (χ1) is 15.6. The molecule has 0 bridgehead atoms. The number of nitrogens with zero attached hydrogens (tertiary/aromatic N) is 2. The Morgan fingerprint density at radius 2 is 1.00 bits per heavy atom. The van der Waals surface area contributed by atoms with E-state index in [1.807, 2.05) is 24.3 Å². The topological polar surface area (TPSA) is 121 Å². The highest BCUT2D eigenvalue weighted by Crippen LogP contribution is 2.32. The molecule has 2 aliphatic rings. The van der Waals surface area contributed by atoms with Crippen LogP contribution < -0.4 is 0 Å². The SMILES string of the molecule is CC(C)(c1ccc(O)cc1)c1ccc(O)cc1.O=C(O)CCN1CC1.O=C(O)CCN1CC1. The van der Waals surface area contributed by atoms with Crippen molar-refractivity contribution in [3.63, 3.8) is 0 Å². The second-order valence-corrected chi connectivity index (χ2v) is 8.69. The van der Waals surface area contributed by atoms with Gasteiger partial charge in [0.15, 0.2) is 0 Å². The zero-order chi connectivity index (χ0) is 24.4. The quantitative estimate of drug-likeness (QED) is 0.446. The summed E-state index contributed by atoms with van der Waals surface area (Å²) in [4.78, 5) is 24.0. The maximum Gasteiger partial charge on any atom is 0.304 e. The van der Waals surface area contributed by atoms with E-state index >= 15 is 0 Å². The molecule has 2 heterocycles. The summed E-state index contributed by atoms with van der Waals surface area (Å²) < 4.78 is 0. The molecule has 0 atom stereocenters. The number of hydrogen-bond donors (Lipinski definition) is 4. The van der Waals surface area contributed by atoms with Gasteiger partial charge in [-0.1, -0.05) is 38.1 Å². The molecule has 4 rings (SSSR count). The van der Waals surface area contributed by atoms with Crippen LogP contribution in [-0.4, -0.2) is 81.4 Å². The molecule has 0 spiro atoms. The van der Waals surface area contributed by atoms with Gasteiger partial charge in [0.1, 0.15) is 11.5 Å². The van der Waals surface area contributed by atoms with Gasteiger partial charge < -0.3 is 30.2 Å². The third-order valence-electron chi connectivity index (χ3n) is 5.54. The number of phenols is 2. The molecule has 2 aromatic rings. The average Bonchev–Trinajstić information content (AvgIpc) is 3.68. The number of carboxylic acid groups (broad SMARTS) is 2. The summed E-state index contributed by atoms with van der Waals surface area (Å²) in [6.07, 6.45) is 0.583. The molecule has 180 valence electrons. The fraction of sp³-hybridized carbons (Fsp3) is 0.440. The van der Waals surface area contributed by atoms with Crippen LogP contribution in [0.4, 0.5) is 0 Å². The summed E-state index contributed by atoms with van der Waals surface area (Å²) in [5.74, 6) is -0.848. The maximum atomic E-state index is 9.90. The Bertz CT molecular complexity index is 815. The van der Waals surface area contributed by atoms with E-state index in [9.17, 15) is 19.8 Å². The van der Waals surface area contributed by atoms with Crippen molar-refractivity contribution in [2.75, 3.05) is 39.3 Å². The Balaban J connectivity index is 0.000000200. The van der Waals surface area contributed by atoms with Crippen molar-refractivity contribution in [2.24, 2.45) is 0 Å². The lowest BCUT2D eigenvalue weighted by atomic mass is 9.78. The Morgan fingerprint density at radius 3 is 1.24 bits per heavy atom. The van der Waals surface area contributed by atoms with Crippen molar-refractivity contribution < 1.29 is 30.0 Å². The Kier molecular flexibility index (Phi) is 9.69. The van der Waals surface area contributed by atoms with Gasteiger partial charge in [-0.2, -0.15) is 0 Å². The van der Waals surface area contributed by atoms with Gasteiger partial charge in [0.25, 0.3) is 0 Å². The molecular weight excluding hydrogens is 424 g/mol. The van der Waals surface area contributed by atoms with Gasteiger partial charge in [-0.05, 0) is 35.4 Å². The van der Waals surface area contributed by atoms with E-state index in [2.05, 4.69) is 23.6 Å². The molecule has 0 aliphatic carbocycles. The first-order valence-electron chi connectivity index (χ1n) is 11.0. The number of aromatic hydroxyl groups is 2. The molecule has 33 heavy (non-hydrogen) atoms. The minimum Gasteiger partial charge on any atom is -0.508 e. The average molecular weight is 459 g/mol. The summed E-state index contributed by atoms with van der Waals surface area (Å²) in [6.45, 7) is 10.1. The summed E-state index contributed by atoms with van der Waals surface area (Å²) in [7, 11) is 0. The van der Waals surface area contributed by atoms with Crippen LogP contribution in [-0.2, 0) is 15.0 Å². The third kappa shape index (κ3) is 10.4. The van der Waals surface area contributed by atoms with Gasteiger partial charge in [0, 0.05) is 44.7 Å². The van der Waals surface area contributed by atoms with Gasteiger partial charge in [0.2, 0.25) is 0 Å². The zero-order valence-corrected chi connectivity index (χ0v) is 19.3. The van der Waals surface area contributed by atoms with E-state index < -0.39 is 11.9 Å². The highest BCUT2D eigenvalue weighted by molar-refractivity contribution is 5.67.